The molecule has 1 heterocycles. The Bertz CT molecular complexity index is 831. The van der Waals surface area contributed by atoms with Gasteiger partial charge in [0.1, 0.15) is 5.75 Å². The molecule has 0 aromatic heterocycles. The van der Waals surface area contributed by atoms with Crippen LogP contribution in [0.1, 0.15) is 15.9 Å². The lowest BCUT2D eigenvalue weighted by Gasteiger charge is -2.17. The summed E-state index contributed by atoms with van der Waals surface area (Å²) in [5.74, 6) is 0.113. The molecule has 2 aromatic carbocycles. The predicted molar refractivity (Wildman–Crippen MR) is 90.4 cm³/mol. The van der Waals surface area contributed by atoms with Crippen molar-refractivity contribution in [2.24, 2.45) is 0 Å². The van der Waals surface area contributed by atoms with E-state index in [1.807, 2.05) is 0 Å². The molecule has 2 aromatic rings. The van der Waals surface area contributed by atoms with Gasteiger partial charge in [-0.05, 0) is 42.0 Å². The summed E-state index contributed by atoms with van der Waals surface area (Å²) in [5.41, 5.74) is 1.71. The Balaban J connectivity index is 1.80. The summed E-state index contributed by atoms with van der Waals surface area (Å²) in [6.07, 6.45) is 3.09. The van der Waals surface area contributed by atoms with E-state index in [0.717, 1.165) is 5.56 Å². The summed E-state index contributed by atoms with van der Waals surface area (Å²) >= 11 is 11.8. The lowest BCUT2D eigenvalue weighted by molar-refractivity contribution is -0.118. The lowest BCUT2D eigenvalue weighted by Crippen LogP contribution is -2.25. The highest BCUT2D eigenvalue weighted by Gasteiger charge is 2.17. The van der Waals surface area contributed by atoms with Gasteiger partial charge >= 0.3 is 0 Å². The van der Waals surface area contributed by atoms with Gasteiger partial charge in [0.25, 0.3) is 5.91 Å². The van der Waals surface area contributed by atoms with Crippen molar-refractivity contribution in [1.29, 1.82) is 0 Å². The summed E-state index contributed by atoms with van der Waals surface area (Å²) < 4.78 is 5.26. The first-order valence-corrected chi connectivity index (χ1v) is 7.53. The van der Waals surface area contributed by atoms with Gasteiger partial charge in [0.05, 0.1) is 15.7 Å². The van der Waals surface area contributed by atoms with E-state index in [0.29, 0.717) is 27.0 Å². The minimum absolute atomic E-state index is 0.0163. The SMILES string of the molecule is O=C1COc2ccc(C(=O)/C=C/c3ccc(Cl)c(Cl)c3)cc2N1. The van der Waals surface area contributed by atoms with Crippen molar-refractivity contribution in [3.63, 3.8) is 0 Å². The number of hydrogen-bond acceptors (Lipinski definition) is 3. The zero-order valence-electron chi connectivity index (χ0n) is 11.8. The molecular formula is C17H11Cl2NO3. The number of carbonyl (C=O) groups is 2. The second-order valence-electron chi connectivity index (χ2n) is 4.92. The van der Waals surface area contributed by atoms with Crippen LogP contribution in [0.2, 0.25) is 10.0 Å². The molecule has 1 N–H and O–H groups in total. The summed E-state index contributed by atoms with van der Waals surface area (Å²) in [4.78, 5) is 23.6. The number of nitrogens with one attached hydrogen (secondary N) is 1. The van der Waals surface area contributed by atoms with Gasteiger partial charge in [-0.2, -0.15) is 0 Å². The molecule has 0 fully saturated rings. The minimum atomic E-state index is -0.242. The number of ketones is 1. The fraction of sp³-hybridized carbons (Fsp3) is 0.0588. The summed E-state index contributed by atoms with van der Waals surface area (Å²) in [6, 6.07) is 10.0. The number of carbonyl (C=O) groups excluding carboxylic acids is 2. The van der Waals surface area contributed by atoms with E-state index >= 15 is 0 Å². The number of allylic oxidation sites excluding steroid dienone is 1. The third kappa shape index (κ3) is 3.55. The third-order valence-corrected chi connectivity index (χ3v) is 4.01. The Kier molecular flexibility index (Phi) is 4.37. The van der Waals surface area contributed by atoms with Gasteiger partial charge in [0, 0.05) is 5.56 Å². The van der Waals surface area contributed by atoms with E-state index in [-0.39, 0.29) is 18.3 Å². The zero-order valence-corrected chi connectivity index (χ0v) is 13.3. The Morgan fingerprint density at radius 3 is 2.74 bits per heavy atom. The van der Waals surface area contributed by atoms with Gasteiger partial charge in [-0.3, -0.25) is 9.59 Å². The largest absolute Gasteiger partial charge is 0.482 e. The molecule has 0 spiro atoms. The van der Waals surface area contributed by atoms with E-state index in [1.54, 1.807) is 42.5 Å². The molecule has 0 saturated heterocycles. The minimum Gasteiger partial charge on any atom is -0.482 e. The van der Waals surface area contributed by atoms with Crippen molar-refractivity contribution < 1.29 is 14.3 Å². The molecule has 4 nitrogen and oxygen atoms in total. The van der Waals surface area contributed by atoms with Crippen molar-refractivity contribution in [2.45, 2.75) is 0 Å². The molecule has 116 valence electrons. The Morgan fingerprint density at radius 2 is 1.96 bits per heavy atom. The van der Waals surface area contributed by atoms with Crippen molar-refractivity contribution >= 4 is 46.7 Å². The van der Waals surface area contributed by atoms with Crippen molar-refractivity contribution in [3.8, 4) is 5.75 Å². The fourth-order valence-electron chi connectivity index (χ4n) is 2.12. The first-order chi connectivity index (χ1) is 11.0. The van der Waals surface area contributed by atoms with E-state index in [4.69, 9.17) is 27.9 Å². The van der Waals surface area contributed by atoms with Crippen LogP contribution in [-0.2, 0) is 4.79 Å². The Hall–Kier alpha value is -2.30. The maximum atomic E-state index is 12.2. The molecule has 1 aliphatic heterocycles. The first kappa shape index (κ1) is 15.6. The van der Waals surface area contributed by atoms with Crippen LogP contribution in [0.25, 0.3) is 6.08 Å². The van der Waals surface area contributed by atoms with Crippen molar-refractivity contribution in [3.05, 3.63) is 63.6 Å². The first-order valence-electron chi connectivity index (χ1n) is 6.77. The standard InChI is InChI=1S/C17H11Cl2NO3/c18-12-4-1-10(7-13(12)19)2-5-15(21)11-3-6-16-14(8-11)20-17(22)9-23-16/h1-8H,9H2,(H,20,22)/b5-2+. The van der Waals surface area contributed by atoms with Crippen LogP contribution in [0, 0.1) is 0 Å². The molecular weight excluding hydrogens is 337 g/mol. The maximum Gasteiger partial charge on any atom is 0.262 e. The number of hydrogen-bond donors (Lipinski definition) is 1. The van der Waals surface area contributed by atoms with Crippen LogP contribution in [0.4, 0.5) is 5.69 Å². The average Bonchev–Trinajstić information content (AvgIpc) is 2.55. The number of halogens is 2. The van der Waals surface area contributed by atoms with E-state index in [2.05, 4.69) is 5.32 Å². The zero-order chi connectivity index (χ0) is 16.4. The van der Waals surface area contributed by atoms with Crippen LogP contribution < -0.4 is 10.1 Å². The number of ether oxygens (including phenoxy) is 1. The average molecular weight is 348 g/mol. The molecule has 0 saturated carbocycles. The molecule has 0 aliphatic carbocycles. The van der Waals surface area contributed by atoms with E-state index in [9.17, 15) is 9.59 Å². The third-order valence-electron chi connectivity index (χ3n) is 3.27. The number of amides is 1. The molecule has 0 atom stereocenters. The summed E-state index contributed by atoms with van der Waals surface area (Å²) in [5, 5.41) is 3.55. The molecule has 0 radical (unpaired) electrons. The topological polar surface area (TPSA) is 55.4 Å². The van der Waals surface area contributed by atoms with Gasteiger partial charge in [-0.1, -0.05) is 35.3 Å². The molecule has 3 rings (SSSR count). The smallest absolute Gasteiger partial charge is 0.262 e. The normalized spacial score (nSPS) is 13.4. The van der Waals surface area contributed by atoms with E-state index in [1.165, 1.54) is 6.08 Å². The number of benzene rings is 2. The number of anilines is 1. The molecule has 0 bridgehead atoms. The van der Waals surface area contributed by atoms with Crippen LogP contribution in [0.3, 0.4) is 0 Å². The predicted octanol–water partition coefficient (Wildman–Crippen LogP) is 4.22. The monoisotopic (exact) mass is 347 g/mol. The molecule has 1 amide bonds. The Morgan fingerprint density at radius 1 is 1.13 bits per heavy atom. The summed E-state index contributed by atoms with van der Waals surface area (Å²) in [7, 11) is 0. The highest BCUT2D eigenvalue weighted by Crippen LogP contribution is 2.29. The fourth-order valence-corrected chi connectivity index (χ4v) is 2.43. The van der Waals surface area contributed by atoms with Crippen LogP contribution in [-0.4, -0.2) is 18.3 Å². The van der Waals surface area contributed by atoms with Gasteiger partial charge in [-0.15, -0.1) is 0 Å². The van der Waals surface area contributed by atoms with Gasteiger partial charge in [0.15, 0.2) is 12.4 Å². The second-order valence-corrected chi connectivity index (χ2v) is 5.73. The lowest BCUT2D eigenvalue weighted by atomic mass is 10.1. The van der Waals surface area contributed by atoms with Crippen LogP contribution in [0.15, 0.2) is 42.5 Å². The van der Waals surface area contributed by atoms with Crippen LogP contribution in [0.5, 0.6) is 5.75 Å². The van der Waals surface area contributed by atoms with Crippen molar-refractivity contribution in [2.75, 3.05) is 11.9 Å². The highest BCUT2D eigenvalue weighted by molar-refractivity contribution is 6.42. The molecule has 0 unspecified atom stereocenters. The second kappa shape index (κ2) is 6.44. The number of rotatable bonds is 3. The van der Waals surface area contributed by atoms with Gasteiger partial charge < -0.3 is 10.1 Å². The van der Waals surface area contributed by atoms with Gasteiger partial charge in [-0.25, -0.2) is 0 Å². The quantitative estimate of drug-likeness (QED) is 0.667. The summed E-state index contributed by atoms with van der Waals surface area (Å²) in [6.45, 7) is -0.0163. The molecule has 1 aliphatic rings. The number of fused-ring (bicyclic) bond motifs is 1. The van der Waals surface area contributed by atoms with Crippen molar-refractivity contribution in [1.82, 2.24) is 0 Å². The Labute approximate surface area is 142 Å². The van der Waals surface area contributed by atoms with Gasteiger partial charge in [0.2, 0.25) is 0 Å². The maximum absolute atomic E-state index is 12.2. The van der Waals surface area contributed by atoms with E-state index < -0.39 is 0 Å². The molecule has 23 heavy (non-hydrogen) atoms. The highest BCUT2D eigenvalue weighted by atomic mass is 35.5. The molecule has 6 heteroatoms. The van der Waals surface area contributed by atoms with Crippen LogP contribution >= 0.6 is 23.2 Å².